The number of anilines is 1. The van der Waals surface area contributed by atoms with Crippen LogP contribution in [0.15, 0.2) is 6.07 Å². The normalized spacial score (nSPS) is 11.3. The van der Waals surface area contributed by atoms with E-state index in [1.807, 2.05) is 0 Å². The molecule has 0 aliphatic carbocycles. The van der Waals surface area contributed by atoms with Gasteiger partial charge < -0.3 is 29.7 Å². The summed E-state index contributed by atoms with van der Waals surface area (Å²) in [6, 6.07) is 1.43. The predicted octanol–water partition coefficient (Wildman–Crippen LogP) is -0.402. The number of rotatable bonds is 7. The van der Waals surface area contributed by atoms with E-state index in [-0.39, 0.29) is 30.9 Å². The van der Waals surface area contributed by atoms with Crippen molar-refractivity contribution in [2.75, 3.05) is 32.4 Å². The number of methoxy groups -OCH3 is 1. The summed E-state index contributed by atoms with van der Waals surface area (Å²) >= 11 is 0. The molecule has 0 spiro atoms. The van der Waals surface area contributed by atoms with Crippen LogP contribution in [-0.2, 0) is 9.30 Å². The second kappa shape index (κ2) is 6.50. The molecule has 1 heterocycles. The second-order valence-electron chi connectivity index (χ2n) is 3.16. The topological polar surface area (TPSA) is 137 Å². The molecule has 0 unspecified atom stereocenters. The Hall–Kier alpha value is -1.41. The molecule has 10 heteroatoms. The van der Waals surface area contributed by atoms with Gasteiger partial charge >= 0.3 is 7.60 Å². The summed E-state index contributed by atoms with van der Waals surface area (Å²) in [5.41, 5.74) is 5.41. The number of nitrogen functional groups attached to an aromatic ring is 1. The first-order valence-corrected chi connectivity index (χ1v) is 6.64. The Balaban J connectivity index is 2.35. The largest absolute Gasteiger partial charge is 0.481 e. The molecular weight excluding hydrogens is 265 g/mol. The highest BCUT2D eigenvalue weighted by Gasteiger charge is 2.12. The van der Waals surface area contributed by atoms with Crippen molar-refractivity contribution in [3.8, 4) is 11.8 Å². The van der Waals surface area contributed by atoms with Gasteiger partial charge in [0.15, 0.2) is 0 Å². The molecule has 102 valence electrons. The lowest BCUT2D eigenvalue weighted by atomic mass is 10.6. The van der Waals surface area contributed by atoms with Gasteiger partial charge in [-0.3, -0.25) is 4.57 Å². The minimum atomic E-state index is -4.14. The van der Waals surface area contributed by atoms with E-state index in [0.717, 1.165) is 0 Å². The zero-order valence-electron chi connectivity index (χ0n) is 9.65. The van der Waals surface area contributed by atoms with Crippen LogP contribution in [0.3, 0.4) is 0 Å². The fourth-order valence-corrected chi connectivity index (χ4v) is 1.36. The lowest BCUT2D eigenvalue weighted by Crippen LogP contribution is -2.09. The lowest BCUT2D eigenvalue weighted by molar-refractivity contribution is 0.117. The third-order valence-corrected chi connectivity index (χ3v) is 2.16. The van der Waals surface area contributed by atoms with Crippen molar-refractivity contribution in [1.82, 2.24) is 9.97 Å². The van der Waals surface area contributed by atoms with Gasteiger partial charge in [0.25, 0.3) is 0 Å². The van der Waals surface area contributed by atoms with E-state index in [2.05, 4.69) is 9.97 Å². The molecule has 0 fully saturated rings. The summed E-state index contributed by atoms with van der Waals surface area (Å²) in [6.07, 6.45) is -0.647. The van der Waals surface area contributed by atoms with E-state index in [9.17, 15) is 4.57 Å². The van der Waals surface area contributed by atoms with E-state index in [4.69, 9.17) is 29.7 Å². The van der Waals surface area contributed by atoms with Crippen LogP contribution in [0.5, 0.6) is 11.8 Å². The number of ether oxygens (including phenoxy) is 3. The van der Waals surface area contributed by atoms with Gasteiger partial charge in [-0.15, -0.1) is 0 Å². The fraction of sp³-hybridized carbons (Fsp3) is 0.500. The number of nitrogens with two attached hydrogens (primary N) is 1. The molecule has 1 aromatic heterocycles. The Morgan fingerprint density at radius 3 is 2.61 bits per heavy atom. The molecule has 0 aliphatic rings. The van der Waals surface area contributed by atoms with Crippen LogP contribution in [0.4, 0.5) is 5.95 Å². The van der Waals surface area contributed by atoms with Gasteiger partial charge in [0.1, 0.15) is 13.0 Å². The molecule has 0 bridgehead atoms. The highest BCUT2D eigenvalue weighted by Crippen LogP contribution is 2.33. The zero-order chi connectivity index (χ0) is 13.6. The lowest BCUT2D eigenvalue weighted by Gasteiger charge is -2.08. The van der Waals surface area contributed by atoms with E-state index >= 15 is 0 Å². The molecule has 0 saturated heterocycles. The fourth-order valence-electron chi connectivity index (χ4n) is 0.988. The molecule has 1 rings (SSSR count). The maximum atomic E-state index is 10.5. The van der Waals surface area contributed by atoms with Gasteiger partial charge in [-0.1, -0.05) is 0 Å². The quantitative estimate of drug-likeness (QED) is 0.449. The molecule has 0 radical (unpaired) electrons. The summed E-state index contributed by atoms with van der Waals surface area (Å²) in [5.74, 6) is 0.452. The summed E-state index contributed by atoms with van der Waals surface area (Å²) < 4.78 is 25.2. The Bertz CT molecular complexity index is 437. The Morgan fingerprint density at radius 2 is 2.00 bits per heavy atom. The highest BCUT2D eigenvalue weighted by molar-refractivity contribution is 7.51. The Morgan fingerprint density at radius 1 is 1.33 bits per heavy atom. The van der Waals surface area contributed by atoms with Crippen LogP contribution < -0.4 is 15.2 Å². The zero-order valence-corrected chi connectivity index (χ0v) is 10.5. The smallest absolute Gasteiger partial charge is 0.350 e. The van der Waals surface area contributed by atoms with Crippen LogP contribution in [-0.4, -0.2) is 46.4 Å². The minimum Gasteiger partial charge on any atom is -0.481 e. The molecule has 0 aliphatic heterocycles. The molecule has 0 saturated carbocycles. The number of nitrogens with zero attached hydrogens (tertiary/aromatic N) is 2. The van der Waals surface area contributed by atoms with Crippen molar-refractivity contribution in [3.63, 3.8) is 0 Å². The second-order valence-corrected chi connectivity index (χ2v) is 4.74. The van der Waals surface area contributed by atoms with Crippen LogP contribution in [0.2, 0.25) is 0 Å². The maximum Gasteiger partial charge on any atom is 0.350 e. The first kappa shape index (κ1) is 14.7. The maximum absolute atomic E-state index is 10.5. The molecule has 0 atom stereocenters. The van der Waals surface area contributed by atoms with Gasteiger partial charge in [0, 0.05) is 0 Å². The van der Waals surface area contributed by atoms with Crippen molar-refractivity contribution in [3.05, 3.63) is 6.07 Å². The number of hydrogen-bond donors (Lipinski definition) is 3. The molecular formula is C8H14N3O6P. The molecule has 4 N–H and O–H groups in total. The Labute approximate surface area is 103 Å². The average Bonchev–Trinajstić information content (AvgIpc) is 2.26. The van der Waals surface area contributed by atoms with E-state index in [1.54, 1.807) is 0 Å². The molecule has 0 amide bonds. The van der Waals surface area contributed by atoms with Crippen molar-refractivity contribution >= 4 is 13.5 Å². The van der Waals surface area contributed by atoms with E-state index in [1.165, 1.54) is 13.2 Å². The van der Waals surface area contributed by atoms with Gasteiger partial charge in [-0.2, -0.15) is 9.97 Å². The summed E-state index contributed by atoms with van der Waals surface area (Å²) in [4.78, 5) is 24.6. The highest BCUT2D eigenvalue weighted by atomic mass is 31.2. The van der Waals surface area contributed by atoms with E-state index in [0.29, 0.717) is 0 Å². The first-order chi connectivity index (χ1) is 8.40. The van der Waals surface area contributed by atoms with Gasteiger partial charge in [0.2, 0.25) is 17.7 Å². The van der Waals surface area contributed by atoms with Crippen molar-refractivity contribution in [1.29, 1.82) is 0 Å². The number of hydrogen-bond acceptors (Lipinski definition) is 7. The average molecular weight is 279 g/mol. The van der Waals surface area contributed by atoms with Crippen molar-refractivity contribution in [2.24, 2.45) is 0 Å². The monoisotopic (exact) mass is 279 g/mol. The third kappa shape index (κ3) is 5.78. The van der Waals surface area contributed by atoms with Gasteiger partial charge in [0.05, 0.1) is 19.8 Å². The van der Waals surface area contributed by atoms with Gasteiger partial charge in [-0.05, 0) is 0 Å². The predicted molar refractivity (Wildman–Crippen MR) is 61.4 cm³/mol. The SMILES string of the molecule is COc1cc(OCCOCP(=O)(O)O)nc(N)n1. The molecule has 9 nitrogen and oxygen atoms in total. The third-order valence-electron chi connectivity index (χ3n) is 1.64. The van der Waals surface area contributed by atoms with Crippen molar-refractivity contribution < 1.29 is 28.6 Å². The van der Waals surface area contributed by atoms with E-state index < -0.39 is 13.9 Å². The molecule has 1 aromatic rings. The standard InChI is InChI=1S/C8H14N3O6P/c1-15-6-4-7(11-8(9)10-6)17-3-2-16-5-18(12,13)14/h4H,2-3,5H2,1H3,(H2,9,10,11)(H2,12,13,14). The van der Waals surface area contributed by atoms with Crippen molar-refractivity contribution in [2.45, 2.75) is 0 Å². The first-order valence-electron chi connectivity index (χ1n) is 4.84. The number of aromatic nitrogens is 2. The minimum absolute atomic E-state index is 0.000450. The summed E-state index contributed by atoms with van der Waals surface area (Å²) in [7, 11) is -2.72. The van der Waals surface area contributed by atoms with Crippen LogP contribution in [0.25, 0.3) is 0 Å². The van der Waals surface area contributed by atoms with Crippen LogP contribution >= 0.6 is 7.60 Å². The summed E-state index contributed by atoms with van der Waals surface area (Å²) in [5, 5.41) is 0. The van der Waals surface area contributed by atoms with Crippen LogP contribution in [0.1, 0.15) is 0 Å². The molecule has 18 heavy (non-hydrogen) atoms. The Kier molecular flexibility index (Phi) is 5.29. The molecule has 0 aromatic carbocycles. The van der Waals surface area contributed by atoms with Crippen LogP contribution in [0, 0.1) is 0 Å². The van der Waals surface area contributed by atoms with Gasteiger partial charge in [-0.25, -0.2) is 0 Å². The summed E-state index contributed by atoms with van der Waals surface area (Å²) in [6.45, 7) is 0.0803.